The molecule has 0 spiro atoms. The second-order valence-electron chi connectivity index (χ2n) is 7.58. The fourth-order valence-electron chi connectivity index (χ4n) is 2.73. The molecule has 0 fully saturated rings. The summed E-state index contributed by atoms with van der Waals surface area (Å²) in [6.07, 6.45) is 3.31. The van der Waals surface area contributed by atoms with Gasteiger partial charge in [-0.25, -0.2) is 19.0 Å². The molecule has 0 atom stereocenters. The average Bonchev–Trinajstić information content (AvgIpc) is 3.16. The summed E-state index contributed by atoms with van der Waals surface area (Å²) in [7, 11) is 0. The van der Waals surface area contributed by atoms with Gasteiger partial charge in [-0.1, -0.05) is 43.6 Å². The lowest BCUT2D eigenvalue weighted by atomic mass is 9.92. The molecule has 0 saturated heterocycles. The van der Waals surface area contributed by atoms with Crippen LogP contribution in [0, 0.1) is 11.2 Å². The number of aromatic nitrogens is 5. The van der Waals surface area contributed by atoms with Crippen LogP contribution in [0.4, 0.5) is 4.39 Å². The minimum absolute atomic E-state index is 0.0625. The molecule has 0 unspecified atom stereocenters. The molecule has 0 bridgehead atoms. The monoisotopic (exact) mass is 419 g/mol. The van der Waals surface area contributed by atoms with E-state index in [1.54, 1.807) is 23.0 Å². The molecule has 3 aromatic rings. The lowest BCUT2D eigenvalue weighted by Gasteiger charge is -2.14. The van der Waals surface area contributed by atoms with Gasteiger partial charge in [-0.3, -0.25) is 0 Å². The van der Waals surface area contributed by atoms with E-state index >= 15 is 0 Å². The number of hydrogen-bond acceptors (Lipinski definition) is 3. The molecular formula is C19H23BrFN5. The number of nitrogens with zero attached hydrogens (tertiary/aromatic N) is 4. The Morgan fingerprint density at radius 2 is 2.04 bits per heavy atom. The van der Waals surface area contributed by atoms with Gasteiger partial charge in [0.15, 0.2) is 11.6 Å². The average molecular weight is 420 g/mol. The Morgan fingerprint density at radius 3 is 2.69 bits per heavy atom. The third-order valence-electron chi connectivity index (χ3n) is 3.94. The SMILES string of the molecule is CCc1ncc(-c2nc(CC(C)(C)C)nn2Cc2cc(Br)ccc2F)[nH]1. The van der Waals surface area contributed by atoms with Gasteiger partial charge < -0.3 is 4.98 Å². The molecule has 1 N–H and O–H groups in total. The number of aromatic amines is 1. The number of nitrogens with one attached hydrogen (secondary N) is 1. The number of hydrogen-bond donors (Lipinski definition) is 1. The fraction of sp³-hybridized carbons (Fsp3) is 0.421. The van der Waals surface area contributed by atoms with Gasteiger partial charge in [-0.05, 0) is 23.6 Å². The summed E-state index contributed by atoms with van der Waals surface area (Å²) >= 11 is 3.40. The van der Waals surface area contributed by atoms with Crippen LogP contribution in [0.1, 0.15) is 44.9 Å². The van der Waals surface area contributed by atoms with Crippen LogP contribution in [0.15, 0.2) is 28.9 Å². The van der Waals surface area contributed by atoms with Gasteiger partial charge in [0.1, 0.15) is 17.3 Å². The first-order chi connectivity index (χ1) is 12.2. The van der Waals surface area contributed by atoms with E-state index in [0.717, 1.165) is 34.7 Å². The highest BCUT2D eigenvalue weighted by Gasteiger charge is 2.20. The van der Waals surface area contributed by atoms with Crippen molar-refractivity contribution in [1.82, 2.24) is 24.7 Å². The zero-order valence-electron chi connectivity index (χ0n) is 15.5. The smallest absolute Gasteiger partial charge is 0.176 e. The molecule has 0 aliphatic rings. The quantitative estimate of drug-likeness (QED) is 0.647. The predicted octanol–water partition coefficient (Wildman–Crippen LogP) is 4.77. The molecule has 138 valence electrons. The molecule has 2 heterocycles. The Hall–Kier alpha value is -2.02. The van der Waals surface area contributed by atoms with Crippen LogP contribution < -0.4 is 0 Å². The maximum atomic E-state index is 14.2. The van der Waals surface area contributed by atoms with E-state index in [2.05, 4.69) is 51.8 Å². The highest BCUT2D eigenvalue weighted by molar-refractivity contribution is 9.10. The molecule has 0 saturated carbocycles. The summed E-state index contributed by atoms with van der Waals surface area (Å²) in [6, 6.07) is 4.92. The largest absolute Gasteiger partial charge is 0.339 e. The van der Waals surface area contributed by atoms with Crippen molar-refractivity contribution >= 4 is 15.9 Å². The zero-order valence-corrected chi connectivity index (χ0v) is 17.1. The molecule has 0 aliphatic heterocycles. The molecule has 0 radical (unpaired) electrons. The molecule has 26 heavy (non-hydrogen) atoms. The summed E-state index contributed by atoms with van der Waals surface area (Å²) in [6.45, 7) is 8.78. The van der Waals surface area contributed by atoms with Crippen LogP contribution in [-0.4, -0.2) is 24.7 Å². The molecule has 0 amide bonds. The van der Waals surface area contributed by atoms with Crippen LogP contribution in [0.25, 0.3) is 11.5 Å². The highest BCUT2D eigenvalue weighted by atomic mass is 79.9. The normalized spacial score (nSPS) is 11.9. The van der Waals surface area contributed by atoms with Crippen LogP contribution in [0.3, 0.4) is 0 Å². The number of imidazole rings is 1. The van der Waals surface area contributed by atoms with Crippen LogP contribution >= 0.6 is 15.9 Å². The Kier molecular flexibility index (Phi) is 5.27. The molecule has 2 aromatic heterocycles. The molecule has 0 aliphatic carbocycles. The van der Waals surface area contributed by atoms with Crippen molar-refractivity contribution in [1.29, 1.82) is 0 Å². The maximum absolute atomic E-state index is 14.2. The summed E-state index contributed by atoms with van der Waals surface area (Å²) in [5, 5.41) is 4.65. The number of aryl methyl sites for hydroxylation is 1. The Morgan fingerprint density at radius 1 is 1.27 bits per heavy atom. The van der Waals surface area contributed by atoms with E-state index in [1.807, 2.05) is 6.92 Å². The van der Waals surface area contributed by atoms with Crippen molar-refractivity contribution in [3.8, 4) is 11.5 Å². The van der Waals surface area contributed by atoms with Gasteiger partial charge in [-0.15, -0.1) is 0 Å². The van der Waals surface area contributed by atoms with Gasteiger partial charge in [0.25, 0.3) is 0 Å². The Labute approximate surface area is 161 Å². The topological polar surface area (TPSA) is 59.4 Å². The van der Waals surface area contributed by atoms with E-state index in [-0.39, 0.29) is 11.2 Å². The lowest BCUT2D eigenvalue weighted by molar-refractivity contribution is 0.399. The number of H-pyrrole nitrogens is 1. The number of rotatable bonds is 5. The van der Waals surface area contributed by atoms with Gasteiger partial charge in [0.05, 0.1) is 12.7 Å². The van der Waals surface area contributed by atoms with Crippen LogP contribution in [0.5, 0.6) is 0 Å². The Bertz CT molecular complexity index is 907. The molecule has 3 rings (SSSR count). The van der Waals surface area contributed by atoms with Gasteiger partial charge in [-0.2, -0.15) is 5.10 Å². The van der Waals surface area contributed by atoms with E-state index in [4.69, 9.17) is 4.98 Å². The molecule has 5 nitrogen and oxygen atoms in total. The fourth-order valence-corrected chi connectivity index (χ4v) is 3.14. The number of halogens is 2. The van der Waals surface area contributed by atoms with Crippen LogP contribution in [-0.2, 0) is 19.4 Å². The van der Waals surface area contributed by atoms with E-state index in [9.17, 15) is 4.39 Å². The van der Waals surface area contributed by atoms with Gasteiger partial charge in [0.2, 0.25) is 0 Å². The third kappa shape index (κ3) is 4.38. The first kappa shape index (κ1) is 18.8. The maximum Gasteiger partial charge on any atom is 0.176 e. The minimum atomic E-state index is -0.258. The van der Waals surface area contributed by atoms with Crippen molar-refractivity contribution < 1.29 is 4.39 Å². The van der Waals surface area contributed by atoms with Crippen molar-refractivity contribution in [3.63, 3.8) is 0 Å². The summed E-state index contributed by atoms with van der Waals surface area (Å²) in [4.78, 5) is 12.3. The van der Waals surface area contributed by atoms with Gasteiger partial charge >= 0.3 is 0 Å². The zero-order chi connectivity index (χ0) is 18.9. The Balaban J connectivity index is 2.02. The van der Waals surface area contributed by atoms with E-state index in [1.165, 1.54) is 6.07 Å². The number of benzene rings is 1. The summed E-state index contributed by atoms with van der Waals surface area (Å²) in [5.41, 5.74) is 1.42. The minimum Gasteiger partial charge on any atom is -0.339 e. The van der Waals surface area contributed by atoms with E-state index in [0.29, 0.717) is 17.9 Å². The van der Waals surface area contributed by atoms with Crippen molar-refractivity contribution in [3.05, 3.63) is 51.9 Å². The van der Waals surface area contributed by atoms with Crippen LogP contribution in [0.2, 0.25) is 0 Å². The lowest BCUT2D eigenvalue weighted by Crippen LogP contribution is -2.11. The molecule has 1 aromatic carbocycles. The van der Waals surface area contributed by atoms with Crippen molar-refractivity contribution in [2.24, 2.45) is 5.41 Å². The second kappa shape index (κ2) is 7.31. The van der Waals surface area contributed by atoms with Gasteiger partial charge in [0, 0.05) is 22.9 Å². The molecular weight excluding hydrogens is 397 g/mol. The second-order valence-corrected chi connectivity index (χ2v) is 8.50. The summed E-state index contributed by atoms with van der Waals surface area (Å²) in [5.74, 6) is 2.05. The standard InChI is InChI=1S/C19H23BrFN5/c1-5-16-22-10-15(23-16)18-24-17(9-19(2,3)4)25-26(18)11-12-8-13(20)6-7-14(12)21/h6-8,10H,5,9,11H2,1-4H3,(H,22,23). The first-order valence-corrected chi connectivity index (χ1v) is 9.46. The summed E-state index contributed by atoms with van der Waals surface area (Å²) < 4.78 is 16.8. The molecule has 7 heteroatoms. The third-order valence-corrected chi connectivity index (χ3v) is 4.43. The van der Waals surface area contributed by atoms with Crippen molar-refractivity contribution in [2.45, 2.75) is 47.1 Å². The first-order valence-electron chi connectivity index (χ1n) is 8.67. The van der Waals surface area contributed by atoms with E-state index < -0.39 is 0 Å². The highest BCUT2D eigenvalue weighted by Crippen LogP contribution is 2.24. The van der Waals surface area contributed by atoms with Crippen molar-refractivity contribution in [2.75, 3.05) is 0 Å². The predicted molar refractivity (Wildman–Crippen MR) is 103 cm³/mol.